The van der Waals surface area contributed by atoms with Crippen LogP contribution in [0.5, 0.6) is 5.75 Å². The van der Waals surface area contributed by atoms with Gasteiger partial charge >= 0.3 is 0 Å². The maximum atomic E-state index is 10.2. The fraction of sp³-hybridized carbons (Fsp3) is 0.591. The van der Waals surface area contributed by atoms with Gasteiger partial charge in [-0.15, -0.1) is 0 Å². The Hall–Kier alpha value is -1.85. The number of nitrogens with one attached hydrogen (secondary N) is 1. The van der Waals surface area contributed by atoms with Crippen LogP contribution < -0.4 is 4.74 Å². The van der Waals surface area contributed by atoms with E-state index in [2.05, 4.69) is 47.1 Å². The van der Waals surface area contributed by atoms with Gasteiger partial charge < -0.3 is 9.84 Å². The van der Waals surface area contributed by atoms with E-state index in [1.807, 2.05) is 12.1 Å². The number of H-pyrrole nitrogens is 1. The Morgan fingerprint density at radius 1 is 1.33 bits per heavy atom. The van der Waals surface area contributed by atoms with E-state index in [-0.39, 0.29) is 12.0 Å². The molecule has 0 amide bonds. The molecular weight excluding hydrogens is 338 g/mol. The third kappa shape index (κ3) is 5.33. The first-order valence-corrected chi connectivity index (χ1v) is 10.0. The normalized spacial score (nSPS) is 20.9. The number of benzene rings is 1. The molecule has 1 aliphatic rings. The summed E-state index contributed by atoms with van der Waals surface area (Å²) < 4.78 is 5.36. The van der Waals surface area contributed by atoms with E-state index in [1.165, 1.54) is 11.3 Å². The summed E-state index contributed by atoms with van der Waals surface area (Å²) in [4.78, 5) is 2.45. The van der Waals surface area contributed by atoms with Crippen molar-refractivity contribution in [3.63, 3.8) is 0 Å². The molecule has 0 unspecified atom stereocenters. The fourth-order valence-corrected chi connectivity index (χ4v) is 4.24. The Labute approximate surface area is 162 Å². The van der Waals surface area contributed by atoms with E-state index < -0.39 is 0 Å². The standard InChI is InChI=1S/C22H33N3O2/c1-17(2)10-19-12-20(24-23-19)14-25-9-5-8-22(15-25,16-26)13-18-6-4-7-21(11-18)27-3/h4,6-7,11-12,17,26H,5,8-10,13-16H2,1-3H3,(H,23,24)/t22-/m1/s1. The number of rotatable bonds is 8. The molecule has 2 N–H and O–H groups in total. The highest BCUT2D eigenvalue weighted by atomic mass is 16.5. The zero-order valence-corrected chi connectivity index (χ0v) is 16.9. The van der Waals surface area contributed by atoms with E-state index in [4.69, 9.17) is 4.74 Å². The van der Waals surface area contributed by atoms with Crippen LogP contribution in [0.1, 0.15) is 43.6 Å². The van der Waals surface area contributed by atoms with E-state index in [1.54, 1.807) is 7.11 Å². The molecule has 1 aromatic carbocycles. The summed E-state index contributed by atoms with van der Waals surface area (Å²) in [6.45, 7) is 7.48. The lowest BCUT2D eigenvalue weighted by Crippen LogP contribution is -2.46. The van der Waals surface area contributed by atoms with Crippen LogP contribution in [0.3, 0.4) is 0 Å². The molecule has 1 aliphatic heterocycles. The highest BCUT2D eigenvalue weighted by molar-refractivity contribution is 5.29. The van der Waals surface area contributed by atoms with Crippen molar-refractivity contribution in [2.75, 3.05) is 26.8 Å². The first kappa shape index (κ1) is 19.9. The molecule has 3 rings (SSSR count). The molecule has 1 saturated heterocycles. The van der Waals surface area contributed by atoms with E-state index in [0.717, 1.165) is 56.8 Å². The molecule has 0 aliphatic carbocycles. The van der Waals surface area contributed by atoms with Gasteiger partial charge in [0, 0.05) is 24.2 Å². The molecule has 148 valence electrons. The third-order valence-corrected chi connectivity index (χ3v) is 5.48. The first-order valence-electron chi connectivity index (χ1n) is 10.0. The summed E-state index contributed by atoms with van der Waals surface area (Å²) in [7, 11) is 1.70. The average molecular weight is 372 g/mol. The number of aromatic nitrogens is 2. The van der Waals surface area contributed by atoms with Gasteiger partial charge in [-0.2, -0.15) is 5.10 Å². The molecule has 1 fully saturated rings. The Balaban J connectivity index is 1.66. The maximum Gasteiger partial charge on any atom is 0.119 e. The van der Waals surface area contributed by atoms with Crippen molar-refractivity contribution in [3.8, 4) is 5.75 Å². The summed E-state index contributed by atoms with van der Waals surface area (Å²) >= 11 is 0. The highest BCUT2D eigenvalue weighted by Gasteiger charge is 2.35. The minimum atomic E-state index is -0.0919. The number of methoxy groups -OCH3 is 1. The van der Waals surface area contributed by atoms with Gasteiger partial charge in [0.05, 0.1) is 19.4 Å². The second-order valence-corrected chi connectivity index (χ2v) is 8.48. The summed E-state index contributed by atoms with van der Waals surface area (Å²) in [5.41, 5.74) is 3.44. The minimum Gasteiger partial charge on any atom is -0.497 e. The van der Waals surface area contributed by atoms with Crippen molar-refractivity contribution in [1.82, 2.24) is 15.1 Å². The lowest BCUT2D eigenvalue weighted by molar-refractivity contribution is 0.0283. The average Bonchev–Trinajstić information content (AvgIpc) is 3.08. The van der Waals surface area contributed by atoms with Crippen molar-refractivity contribution >= 4 is 0 Å². The lowest BCUT2D eigenvalue weighted by atomic mass is 9.75. The largest absolute Gasteiger partial charge is 0.497 e. The number of hydrogen-bond donors (Lipinski definition) is 2. The number of piperidine rings is 1. The van der Waals surface area contributed by atoms with Crippen molar-refractivity contribution in [2.45, 2.75) is 46.1 Å². The predicted octanol–water partition coefficient (Wildman–Crippen LogP) is 3.43. The Morgan fingerprint density at radius 2 is 2.19 bits per heavy atom. The lowest BCUT2D eigenvalue weighted by Gasteiger charge is -2.42. The number of nitrogens with zero attached hydrogens (tertiary/aromatic N) is 2. The second kappa shape index (κ2) is 8.89. The zero-order chi connectivity index (χ0) is 19.3. The zero-order valence-electron chi connectivity index (χ0n) is 16.9. The van der Waals surface area contributed by atoms with Gasteiger partial charge in [0.1, 0.15) is 5.75 Å². The smallest absolute Gasteiger partial charge is 0.119 e. The fourth-order valence-electron chi connectivity index (χ4n) is 4.24. The van der Waals surface area contributed by atoms with Crippen LogP contribution in [0.2, 0.25) is 0 Å². The van der Waals surface area contributed by atoms with Crippen molar-refractivity contribution in [2.24, 2.45) is 11.3 Å². The Bertz CT molecular complexity index is 728. The molecule has 0 bridgehead atoms. The number of hydrogen-bond acceptors (Lipinski definition) is 4. The molecule has 1 aromatic heterocycles. The van der Waals surface area contributed by atoms with Gasteiger partial charge in [-0.1, -0.05) is 26.0 Å². The number of aliphatic hydroxyl groups is 1. The van der Waals surface area contributed by atoms with Gasteiger partial charge in [-0.05, 0) is 61.9 Å². The van der Waals surface area contributed by atoms with Gasteiger partial charge in [-0.3, -0.25) is 10.00 Å². The Kier molecular flexibility index (Phi) is 6.55. The van der Waals surface area contributed by atoms with Crippen LogP contribution in [-0.4, -0.2) is 47.0 Å². The third-order valence-electron chi connectivity index (χ3n) is 5.48. The van der Waals surface area contributed by atoms with Gasteiger partial charge in [-0.25, -0.2) is 0 Å². The monoisotopic (exact) mass is 371 g/mol. The van der Waals surface area contributed by atoms with Crippen molar-refractivity contribution in [1.29, 1.82) is 0 Å². The second-order valence-electron chi connectivity index (χ2n) is 8.48. The van der Waals surface area contributed by atoms with E-state index in [0.29, 0.717) is 5.92 Å². The summed E-state index contributed by atoms with van der Waals surface area (Å²) in [6.07, 6.45) is 4.04. The van der Waals surface area contributed by atoms with Crippen molar-refractivity contribution < 1.29 is 9.84 Å². The summed E-state index contributed by atoms with van der Waals surface area (Å²) in [5.74, 6) is 1.49. The molecule has 2 aromatic rings. The van der Waals surface area contributed by atoms with Gasteiger partial charge in [0.25, 0.3) is 0 Å². The maximum absolute atomic E-state index is 10.2. The minimum absolute atomic E-state index is 0.0919. The number of aromatic amines is 1. The number of aliphatic hydroxyl groups excluding tert-OH is 1. The molecule has 27 heavy (non-hydrogen) atoms. The molecular formula is C22H33N3O2. The number of likely N-dealkylation sites (tertiary alicyclic amines) is 1. The van der Waals surface area contributed by atoms with Crippen LogP contribution in [0, 0.1) is 11.3 Å². The molecule has 1 atom stereocenters. The quantitative estimate of drug-likeness (QED) is 0.746. The topological polar surface area (TPSA) is 61.4 Å². The van der Waals surface area contributed by atoms with Crippen LogP contribution in [0.15, 0.2) is 30.3 Å². The van der Waals surface area contributed by atoms with Crippen LogP contribution in [-0.2, 0) is 19.4 Å². The molecule has 0 saturated carbocycles. The molecule has 0 radical (unpaired) electrons. The SMILES string of the molecule is COc1cccc(C[C@]2(CO)CCCN(Cc3cc(CC(C)C)n[nH]3)C2)c1. The van der Waals surface area contributed by atoms with Gasteiger partial charge in [0.15, 0.2) is 0 Å². The van der Waals surface area contributed by atoms with E-state index in [9.17, 15) is 5.11 Å². The molecule has 2 heterocycles. The number of ether oxygens (including phenoxy) is 1. The van der Waals surface area contributed by atoms with Crippen LogP contribution in [0.4, 0.5) is 0 Å². The van der Waals surface area contributed by atoms with Gasteiger partial charge in [0.2, 0.25) is 0 Å². The summed E-state index contributed by atoms with van der Waals surface area (Å²) in [6, 6.07) is 10.4. The predicted molar refractivity (Wildman–Crippen MR) is 108 cm³/mol. The molecule has 5 heteroatoms. The first-order chi connectivity index (χ1) is 13.0. The highest BCUT2D eigenvalue weighted by Crippen LogP contribution is 2.34. The van der Waals surface area contributed by atoms with Crippen LogP contribution >= 0.6 is 0 Å². The van der Waals surface area contributed by atoms with Crippen LogP contribution in [0.25, 0.3) is 0 Å². The molecule has 0 spiro atoms. The van der Waals surface area contributed by atoms with Crippen molar-refractivity contribution in [3.05, 3.63) is 47.3 Å². The summed E-state index contributed by atoms with van der Waals surface area (Å²) in [5, 5.41) is 17.9. The van der Waals surface area contributed by atoms with E-state index >= 15 is 0 Å². The Morgan fingerprint density at radius 3 is 2.93 bits per heavy atom. The molecule has 5 nitrogen and oxygen atoms in total.